The van der Waals surface area contributed by atoms with Crippen molar-refractivity contribution in [3.05, 3.63) is 86.3 Å². The molecule has 3 aromatic carbocycles. The second-order valence-corrected chi connectivity index (χ2v) is 11.6. The number of nitrogens with one attached hydrogen (secondary N) is 1. The molecule has 0 radical (unpaired) electrons. The van der Waals surface area contributed by atoms with E-state index in [2.05, 4.69) is 33.1 Å². The van der Waals surface area contributed by atoms with Gasteiger partial charge in [-0.3, -0.25) is 9.69 Å². The molecule has 1 aliphatic carbocycles. The monoisotopic (exact) mass is 677 g/mol. The van der Waals surface area contributed by atoms with Crippen LogP contribution >= 0.6 is 39.1 Å². The molecule has 0 unspecified atom stereocenters. The lowest BCUT2D eigenvalue weighted by Gasteiger charge is -2.34. The summed E-state index contributed by atoms with van der Waals surface area (Å²) in [7, 11) is 0. The number of esters is 2. The Balaban J connectivity index is 0.000000271. The van der Waals surface area contributed by atoms with E-state index in [4.69, 9.17) is 38.4 Å². The van der Waals surface area contributed by atoms with E-state index in [1.165, 1.54) is 39.0 Å². The molecular formula is C32H38BrCl2N3O4. The van der Waals surface area contributed by atoms with E-state index in [9.17, 15) is 9.59 Å². The molecule has 1 aliphatic rings. The third kappa shape index (κ3) is 10.5. The number of carbonyl (C=O) groups excluding carboxylic acids is 2. The predicted octanol–water partition coefficient (Wildman–Crippen LogP) is 8.64. The van der Waals surface area contributed by atoms with Gasteiger partial charge in [0.2, 0.25) is 0 Å². The van der Waals surface area contributed by atoms with Crippen LogP contribution in [-0.2, 0) is 20.8 Å². The number of hydrogen-bond acceptors (Lipinski definition) is 7. The van der Waals surface area contributed by atoms with E-state index in [1.807, 2.05) is 36.4 Å². The Morgan fingerprint density at radius 3 is 2.24 bits per heavy atom. The average molecular weight is 679 g/mol. The first-order chi connectivity index (χ1) is 20.2. The highest BCUT2D eigenvalue weighted by atomic mass is 79.9. The van der Waals surface area contributed by atoms with Gasteiger partial charge in [-0.25, -0.2) is 4.79 Å². The first-order valence-electron chi connectivity index (χ1n) is 14.1. The fourth-order valence-corrected chi connectivity index (χ4v) is 5.77. The second kappa shape index (κ2) is 17.4. The first kappa shape index (κ1) is 33.7. The molecule has 1 fully saturated rings. The highest BCUT2D eigenvalue weighted by Crippen LogP contribution is 2.32. The molecule has 3 N–H and O–H groups in total. The molecular weight excluding hydrogens is 641 g/mol. The van der Waals surface area contributed by atoms with E-state index in [0.29, 0.717) is 38.4 Å². The molecule has 0 amide bonds. The summed E-state index contributed by atoms with van der Waals surface area (Å²) in [5.74, 6) is -0.851. The molecule has 1 saturated carbocycles. The van der Waals surface area contributed by atoms with Crippen LogP contribution in [0.15, 0.2) is 65.1 Å². The lowest BCUT2D eigenvalue weighted by molar-refractivity contribution is -0.142. The summed E-state index contributed by atoms with van der Waals surface area (Å²) in [5, 5.41) is 4.41. The summed E-state index contributed by atoms with van der Waals surface area (Å²) in [6.45, 7) is 5.21. The van der Waals surface area contributed by atoms with E-state index >= 15 is 0 Å². The topological polar surface area (TPSA) is 93.9 Å². The van der Waals surface area contributed by atoms with E-state index in [1.54, 1.807) is 24.3 Å². The minimum Gasteiger partial charge on any atom is -0.462 e. The van der Waals surface area contributed by atoms with Crippen LogP contribution in [0.3, 0.4) is 0 Å². The van der Waals surface area contributed by atoms with Crippen molar-refractivity contribution in [2.45, 2.75) is 58.5 Å². The van der Waals surface area contributed by atoms with Gasteiger partial charge < -0.3 is 20.5 Å². The van der Waals surface area contributed by atoms with Crippen LogP contribution in [0.5, 0.6) is 0 Å². The second-order valence-electron chi connectivity index (χ2n) is 9.95. The van der Waals surface area contributed by atoms with E-state index < -0.39 is 11.9 Å². The maximum absolute atomic E-state index is 12.3. The molecule has 0 bridgehead atoms. The van der Waals surface area contributed by atoms with Crippen LogP contribution in [-0.4, -0.2) is 42.6 Å². The number of hydrogen-bond donors (Lipinski definition) is 2. The molecule has 42 heavy (non-hydrogen) atoms. The molecule has 0 atom stereocenters. The van der Waals surface area contributed by atoms with Crippen molar-refractivity contribution in [2.24, 2.45) is 0 Å². The van der Waals surface area contributed by atoms with Gasteiger partial charge in [0.15, 0.2) is 0 Å². The molecule has 3 aromatic rings. The molecule has 0 saturated heterocycles. The standard InChI is InChI=1S/C20H29BrN2O4.C12H9Cl2N/c1-3-23(17-7-5-4-6-8-17)13-16-11-15(12-18(21)19(16)22)20(25)27-10-9-26-14(2)24;13-10-7-4-8-11(14)12(10)15-9-5-2-1-3-6-9/h11-12,17H,3-10,13,22H2,1-2H3;1-8,15H. The SMILES string of the molecule is CCN(Cc1cc(C(=O)OCCOC(C)=O)cc(Br)c1N)C1CCCCC1.Clc1cccc(Cl)c1Nc1ccccc1. The van der Waals surface area contributed by atoms with Gasteiger partial charge in [-0.15, -0.1) is 0 Å². The Morgan fingerprint density at radius 1 is 0.976 bits per heavy atom. The van der Waals surface area contributed by atoms with Crippen molar-refractivity contribution in [1.82, 2.24) is 4.90 Å². The van der Waals surface area contributed by atoms with Crippen molar-refractivity contribution in [1.29, 1.82) is 0 Å². The summed E-state index contributed by atoms with van der Waals surface area (Å²) in [6.07, 6.45) is 6.29. The van der Waals surface area contributed by atoms with E-state index in [-0.39, 0.29) is 13.2 Å². The normalized spacial score (nSPS) is 13.2. The third-order valence-electron chi connectivity index (χ3n) is 6.95. The Kier molecular flexibility index (Phi) is 13.9. The number of anilines is 3. The molecule has 10 heteroatoms. The minimum absolute atomic E-state index is 0.0267. The van der Waals surface area contributed by atoms with Crippen LogP contribution in [0.2, 0.25) is 10.0 Å². The Labute approximate surface area is 266 Å². The Bertz CT molecular complexity index is 1300. The van der Waals surface area contributed by atoms with Crippen molar-refractivity contribution < 1.29 is 19.1 Å². The quantitative estimate of drug-likeness (QED) is 0.126. The summed E-state index contributed by atoms with van der Waals surface area (Å²) < 4.78 is 10.6. The van der Waals surface area contributed by atoms with Gasteiger partial charge in [0.1, 0.15) is 13.2 Å². The lowest BCUT2D eigenvalue weighted by Crippen LogP contribution is -2.36. The molecule has 7 nitrogen and oxygen atoms in total. The van der Waals surface area contributed by atoms with Crippen LogP contribution in [0.4, 0.5) is 17.1 Å². The number of benzene rings is 3. The van der Waals surface area contributed by atoms with Gasteiger partial charge in [0.05, 0.1) is 27.0 Å². The zero-order valence-electron chi connectivity index (χ0n) is 24.0. The molecule has 226 valence electrons. The predicted molar refractivity (Wildman–Crippen MR) is 175 cm³/mol. The molecule has 4 rings (SSSR count). The van der Waals surface area contributed by atoms with Crippen LogP contribution in [0.1, 0.15) is 61.9 Å². The van der Waals surface area contributed by atoms with Gasteiger partial charge in [0, 0.05) is 29.7 Å². The largest absolute Gasteiger partial charge is 0.462 e. The number of rotatable bonds is 10. The maximum atomic E-state index is 12.3. The molecule has 0 aliphatic heterocycles. The van der Waals surface area contributed by atoms with Crippen molar-refractivity contribution >= 4 is 68.1 Å². The Hall–Kier alpha value is -2.78. The number of nitrogens with zero attached hydrogens (tertiary/aromatic N) is 1. The molecule has 0 spiro atoms. The fraction of sp³-hybridized carbons (Fsp3) is 0.375. The summed E-state index contributed by atoms with van der Waals surface area (Å²) in [4.78, 5) is 25.5. The van der Waals surface area contributed by atoms with Gasteiger partial charge in [-0.1, -0.05) is 73.7 Å². The molecule has 0 heterocycles. The highest BCUT2D eigenvalue weighted by Gasteiger charge is 2.22. The number of nitrogens with two attached hydrogens (primary N) is 1. The average Bonchev–Trinajstić information content (AvgIpc) is 2.99. The zero-order chi connectivity index (χ0) is 30.5. The maximum Gasteiger partial charge on any atom is 0.338 e. The fourth-order valence-electron chi connectivity index (χ4n) is 4.77. The number of para-hydroxylation sites is 2. The van der Waals surface area contributed by atoms with Crippen LogP contribution < -0.4 is 11.1 Å². The van der Waals surface area contributed by atoms with Gasteiger partial charge in [0.25, 0.3) is 0 Å². The van der Waals surface area contributed by atoms with Crippen molar-refractivity contribution in [3.63, 3.8) is 0 Å². The third-order valence-corrected chi connectivity index (χ3v) is 8.24. The summed E-state index contributed by atoms with van der Waals surface area (Å²) in [5.41, 5.74) is 9.98. The summed E-state index contributed by atoms with van der Waals surface area (Å²) >= 11 is 15.5. The van der Waals surface area contributed by atoms with Crippen molar-refractivity contribution in [2.75, 3.05) is 30.8 Å². The number of halogens is 3. The number of carbonyl (C=O) groups is 2. The minimum atomic E-state index is -0.454. The highest BCUT2D eigenvalue weighted by molar-refractivity contribution is 9.10. The molecule has 0 aromatic heterocycles. The smallest absolute Gasteiger partial charge is 0.338 e. The van der Waals surface area contributed by atoms with Gasteiger partial charge in [-0.05, 0) is 77.3 Å². The van der Waals surface area contributed by atoms with Crippen molar-refractivity contribution in [3.8, 4) is 0 Å². The Morgan fingerprint density at radius 2 is 1.62 bits per heavy atom. The van der Waals surface area contributed by atoms with E-state index in [0.717, 1.165) is 23.5 Å². The number of nitrogen functional groups attached to an aromatic ring is 1. The van der Waals surface area contributed by atoms with Gasteiger partial charge in [-0.2, -0.15) is 0 Å². The zero-order valence-corrected chi connectivity index (χ0v) is 27.1. The number of ether oxygens (including phenoxy) is 2. The first-order valence-corrected chi connectivity index (χ1v) is 15.6. The summed E-state index contributed by atoms with van der Waals surface area (Å²) in [6, 6.07) is 19.3. The van der Waals surface area contributed by atoms with Crippen LogP contribution in [0, 0.1) is 0 Å². The lowest BCUT2D eigenvalue weighted by atomic mass is 9.93. The van der Waals surface area contributed by atoms with Crippen LogP contribution in [0.25, 0.3) is 0 Å². The van der Waals surface area contributed by atoms with Gasteiger partial charge >= 0.3 is 11.9 Å².